The fourth-order valence-corrected chi connectivity index (χ4v) is 4.25. The third kappa shape index (κ3) is 2.99. The zero-order valence-electron chi connectivity index (χ0n) is 6.86. The second-order valence-electron chi connectivity index (χ2n) is 2.35. The van der Waals surface area contributed by atoms with Gasteiger partial charge in [0.1, 0.15) is 4.21 Å². The van der Waals surface area contributed by atoms with E-state index in [9.17, 15) is 8.42 Å². The zero-order valence-corrected chi connectivity index (χ0v) is 10.9. The molecule has 0 bridgehead atoms. The lowest BCUT2D eigenvalue weighted by atomic mass is 10.7. The van der Waals surface area contributed by atoms with Crippen LogP contribution in [0.1, 0.15) is 0 Å². The molecule has 0 aliphatic carbocycles. The first-order valence-corrected chi connectivity index (χ1v) is 7.01. The van der Waals surface area contributed by atoms with Crippen LogP contribution < -0.4 is 10.5 Å². The van der Waals surface area contributed by atoms with E-state index in [4.69, 9.17) is 5.73 Å². The van der Waals surface area contributed by atoms with Gasteiger partial charge in [0, 0.05) is 4.47 Å². The average molecular weight is 315 g/mol. The molecular formula is C6H7BrN2O2S3. The van der Waals surface area contributed by atoms with Gasteiger partial charge in [0.2, 0.25) is 0 Å². The molecule has 14 heavy (non-hydrogen) atoms. The largest absolute Gasteiger partial charge is 0.392 e. The van der Waals surface area contributed by atoms with Crippen LogP contribution in [-0.4, -0.2) is 20.0 Å². The molecule has 0 aliphatic rings. The highest BCUT2D eigenvalue weighted by atomic mass is 79.9. The first-order chi connectivity index (χ1) is 6.43. The number of hydrogen-bond acceptors (Lipinski definition) is 4. The van der Waals surface area contributed by atoms with Crippen molar-refractivity contribution in [2.75, 3.05) is 6.54 Å². The maximum atomic E-state index is 11.6. The Morgan fingerprint density at radius 1 is 1.71 bits per heavy atom. The fraction of sp³-hybridized carbons (Fsp3) is 0.167. The molecule has 0 fully saturated rings. The van der Waals surface area contributed by atoms with Gasteiger partial charge in [-0.15, -0.1) is 11.3 Å². The summed E-state index contributed by atoms with van der Waals surface area (Å²) in [6.45, 7) is -0.0258. The van der Waals surface area contributed by atoms with E-state index >= 15 is 0 Å². The predicted molar refractivity (Wildman–Crippen MR) is 64.0 cm³/mol. The summed E-state index contributed by atoms with van der Waals surface area (Å²) in [5.74, 6) is 0. The molecule has 0 aliphatic heterocycles. The van der Waals surface area contributed by atoms with Gasteiger partial charge in [-0.05, 0) is 27.4 Å². The van der Waals surface area contributed by atoms with E-state index in [1.807, 2.05) is 0 Å². The van der Waals surface area contributed by atoms with Crippen molar-refractivity contribution in [3.8, 4) is 0 Å². The van der Waals surface area contributed by atoms with E-state index in [2.05, 4.69) is 32.9 Å². The molecule has 1 heterocycles. The second-order valence-corrected chi connectivity index (χ2v) is 6.60. The zero-order chi connectivity index (χ0) is 10.8. The smallest absolute Gasteiger partial charge is 0.251 e. The van der Waals surface area contributed by atoms with E-state index in [0.717, 1.165) is 11.3 Å². The van der Waals surface area contributed by atoms with Crippen molar-refractivity contribution in [3.05, 3.63) is 15.9 Å². The number of halogens is 1. The van der Waals surface area contributed by atoms with E-state index in [1.165, 1.54) is 0 Å². The minimum Gasteiger partial charge on any atom is -0.392 e. The molecule has 0 atom stereocenters. The van der Waals surface area contributed by atoms with Crippen molar-refractivity contribution in [1.29, 1.82) is 0 Å². The SMILES string of the molecule is NC(=S)CNS(=O)(=O)c1sccc1Br. The van der Waals surface area contributed by atoms with Crippen LogP contribution in [0.4, 0.5) is 0 Å². The molecule has 78 valence electrons. The summed E-state index contributed by atoms with van der Waals surface area (Å²) in [6.07, 6.45) is 0. The Balaban J connectivity index is 2.87. The predicted octanol–water partition coefficient (Wildman–Crippen LogP) is 1.07. The van der Waals surface area contributed by atoms with Crippen LogP contribution in [0.2, 0.25) is 0 Å². The minimum atomic E-state index is -3.49. The van der Waals surface area contributed by atoms with E-state index in [1.54, 1.807) is 11.4 Å². The summed E-state index contributed by atoms with van der Waals surface area (Å²) in [5, 5.41) is 1.68. The van der Waals surface area contributed by atoms with Crippen LogP contribution in [-0.2, 0) is 10.0 Å². The molecule has 0 spiro atoms. The Kier molecular flexibility index (Phi) is 4.02. The lowest BCUT2D eigenvalue weighted by Crippen LogP contribution is -2.32. The van der Waals surface area contributed by atoms with Crippen LogP contribution in [0, 0.1) is 0 Å². The van der Waals surface area contributed by atoms with E-state index in [0.29, 0.717) is 4.47 Å². The molecule has 0 radical (unpaired) electrons. The molecular weight excluding hydrogens is 308 g/mol. The number of hydrogen-bond donors (Lipinski definition) is 2. The maximum absolute atomic E-state index is 11.6. The topological polar surface area (TPSA) is 72.2 Å². The first kappa shape index (κ1) is 12.1. The molecule has 8 heteroatoms. The Bertz CT molecular complexity index is 440. The number of thiophene rings is 1. The Morgan fingerprint density at radius 2 is 2.36 bits per heavy atom. The molecule has 4 nitrogen and oxygen atoms in total. The van der Waals surface area contributed by atoms with E-state index in [-0.39, 0.29) is 15.7 Å². The van der Waals surface area contributed by atoms with Crippen molar-refractivity contribution in [3.63, 3.8) is 0 Å². The third-order valence-corrected chi connectivity index (χ3v) is 5.48. The molecule has 0 amide bonds. The van der Waals surface area contributed by atoms with Crippen molar-refractivity contribution in [1.82, 2.24) is 4.72 Å². The van der Waals surface area contributed by atoms with Crippen molar-refractivity contribution in [2.45, 2.75) is 4.21 Å². The number of nitrogens with two attached hydrogens (primary N) is 1. The lowest BCUT2D eigenvalue weighted by Gasteiger charge is -2.03. The van der Waals surface area contributed by atoms with Crippen LogP contribution in [0.15, 0.2) is 20.1 Å². The maximum Gasteiger partial charge on any atom is 0.251 e. The second kappa shape index (κ2) is 4.67. The van der Waals surface area contributed by atoms with Crippen LogP contribution in [0.5, 0.6) is 0 Å². The normalized spacial score (nSPS) is 11.5. The molecule has 3 N–H and O–H groups in total. The number of rotatable bonds is 4. The standard InChI is InChI=1S/C6H7BrN2O2S3/c7-4-1-2-13-6(4)14(10,11)9-3-5(8)12/h1-2,9H,3H2,(H2,8,12). The van der Waals surface area contributed by atoms with Gasteiger partial charge in [0.25, 0.3) is 10.0 Å². The monoisotopic (exact) mass is 314 g/mol. The number of nitrogens with one attached hydrogen (secondary N) is 1. The van der Waals surface area contributed by atoms with Crippen molar-refractivity contribution >= 4 is 54.5 Å². The highest BCUT2D eigenvalue weighted by Crippen LogP contribution is 2.26. The van der Waals surface area contributed by atoms with Crippen molar-refractivity contribution in [2.24, 2.45) is 5.73 Å². The van der Waals surface area contributed by atoms with E-state index < -0.39 is 10.0 Å². The molecule has 1 aromatic rings. The van der Waals surface area contributed by atoms with Gasteiger partial charge >= 0.3 is 0 Å². The van der Waals surface area contributed by atoms with Crippen LogP contribution >= 0.6 is 39.5 Å². The van der Waals surface area contributed by atoms with Crippen LogP contribution in [0.25, 0.3) is 0 Å². The minimum absolute atomic E-state index is 0.0258. The summed E-state index contributed by atoms with van der Waals surface area (Å²) in [4.78, 5) is 0.112. The highest BCUT2D eigenvalue weighted by Gasteiger charge is 2.18. The summed E-state index contributed by atoms with van der Waals surface area (Å²) in [6, 6.07) is 1.67. The molecule has 1 rings (SSSR count). The molecule has 0 aromatic carbocycles. The Labute approximate surface area is 99.7 Å². The molecule has 0 unspecified atom stereocenters. The number of sulfonamides is 1. The highest BCUT2D eigenvalue weighted by molar-refractivity contribution is 9.10. The number of thiocarbonyl (C=S) groups is 1. The van der Waals surface area contributed by atoms with Gasteiger partial charge in [-0.1, -0.05) is 12.2 Å². The van der Waals surface area contributed by atoms with Crippen LogP contribution in [0.3, 0.4) is 0 Å². The van der Waals surface area contributed by atoms with Gasteiger partial charge < -0.3 is 5.73 Å². The third-order valence-electron chi connectivity index (χ3n) is 1.26. The van der Waals surface area contributed by atoms with Gasteiger partial charge in [-0.25, -0.2) is 13.1 Å². The van der Waals surface area contributed by atoms with Gasteiger partial charge in [0.05, 0.1) is 11.5 Å². The Morgan fingerprint density at radius 3 is 2.79 bits per heavy atom. The Hall–Kier alpha value is -0.0200. The molecule has 0 saturated heterocycles. The molecule has 0 saturated carbocycles. The quantitative estimate of drug-likeness (QED) is 0.816. The average Bonchev–Trinajstić information content (AvgIpc) is 2.48. The summed E-state index contributed by atoms with van der Waals surface area (Å²) < 4.78 is 26.2. The van der Waals surface area contributed by atoms with Crippen molar-refractivity contribution < 1.29 is 8.42 Å². The first-order valence-electron chi connectivity index (χ1n) is 3.44. The summed E-state index contributed by atoms with van der Waals surface area (Å²) in [5.41, 5.74) is 5.19. The van der Waals surface area contributed by atoms with Gasteiger partial charge in [0.15, 0.2) is 0 Å². The summed E-state index contributed by atoms with van der Waals surface area (Å²) in [7, 11) is -3.49. The van der Waals surface area contributed by atoms with Gasteiger partial charge in [-0.3, -0.25) is 0 Å². The molecule has 1 aromatic heterocycles. The summed E-state index contributed by atoms with van der Waals surface area (Å²) >= 11 is 8.83. The lowest BCUT2D eigenvalue weighted by molar-refractivity contribution is 0.588. The van der Waals surface area contributed by atoms with Gasteiger partial charge in [-0.2, -0.15) is 0 Å². The fourth-order valence-electron chi connectivity index (χ4n) is 0.703.